The SMILES string of the molecule is O=C1OCCC1c1sc(F)c(NC(=S)N2CCCC=N2)c1Cl. The van der Waals surface area contributed by atoms with Crippen LogP contribution < -0.4 is 5.32 Å². The Morgan fingerprint density at radius 1 is 1.64 bits per heavy atom. The van der Waals surface area contributed by atoms with Gasteiger partial charge in [-0.2, -0.15) is 9.49 Å². The molecule has 0 aliphatic carbocycles. The molecule has 2 aliphatic heterocycles. The van der Waals surface area contributed by atoms with E-state index in [-0.39, 0.29) is 21.8 Å². The molecular weight excluding hydrogens is 349 g/mol. The first-order chi connectivity index (χ1) is 10.6. The number of hydrogen-bond donors (Lipinski definition) is 1. The van der Waals surface area contributed by atoms with Gasteiger partial charge >= 0.3 is 5.97 Å². The van der Waals surface area contributed by atoms with Gasteiger partial charge in [0.15, 0.2) is 5.11 Å². The van der Waals surface area contributed by atoms with Gasteiger partial charge in [-0.15, -0.1) is 11.3 Å². The van der Waals surface area contributed by atoms with Gasteiger partial charge in [0.2, 0.25) is 5.13 Å². The average Bonchev–Trinajstić information content (AvgIpc) is 3.06. The molecule has 2 aliphatic rings. The van der Waals surface area contributed by atoms with Crippen LogP contribution in [0.4, 0.5) is 10.1 Å². The summed E-state index contributed by atoms with van der Waals surface area (Å²) < 4.78 is 19.1. The zero-order chi connectivity index (χ0) is 15.7. The molecule has 1 aromatic rings. The molecule has 1 saturated heterocycles. The normalized spacial score (nSPS) is 21.1. The zero-order valence-electron chi connectivity index (χ0n) is 11.5. The first kappa shape index (κ1) is 15.6. The molecule has 0 amide bonds. The number of carbonyl (C=O) groups excluding carboxylic acids is 1. The molecule has 22 heavy (non-hydrogen) atoms. The monoisotopic (exact) mass is 361 g/mol. The van der Waals surface area contributed by atoms with Crippen LogP contribution in [0.3, 0.4) is 0 Å². The van der Waals surface area contributed by atoms with Crippen LogP contribution in [0.5, 0.6) is 0 Å². The number of hydrazone groups is 1. The van der Waals surface area contributed by atoms with Crippen molar-refractivity contribution >= 4 is 58.1 Å². The van der Waals surface area contributed by atoms with E-state index in [1.165, 1.54) is 0 Å². The van der Waals surface area contributed by atoms with Gasteiger partial charge in [0.25, 0.3) is 0 Å². The lowest BCUT2D eigenvalue weighted by molar-refractivity contribution is -0.139. The van der Waals surface area contributed by atoms with E-state index in [2.05, 4.69) is 10.4 Å². The third-order valence-electron chi connectivity index (χ3n) is 3.47. The van der Waals surface area contributed by atoms with E-state index in [0.29, 0.717) is 24.4 Å². The van der Waals surface area contributed by atoms with E-state index in [9.17, 15) is 9.18 Å². The molecule has 9 heteroatoms. The smallest absolute Gasteiger partial charge is 0.314 e. The van der Waals surface area contributed by atoms with Crippen LogP contribution in [-0.2, 0) is 9.53 Å². The fraction of sp³-hybridized carbons (Fsp3) is 0.462. The highest BCUT2D eigenvalue weighted by Gasteiger charge is 2.34. The third kappa shape index (κ3) is 2.95. The van der Waals surface area contributed by atoms with E-state index in [0.717, 1.165) is 24.2 Å². The molecule has 118 valence electrons. The second-order valence-corrected chi connectivity index (χ2v) is 6.70. The highest BCUT2D eigenvalue weighted by atomic mass is 35.5. The number of esters is 1. The van der Waals surface area contributed by atoms with E-state index in [4.69, 9.17) is 28.6 Å². The summed E-state index contributed by atoms with van der Waals surface area (Å²) in [5, 5.41) is 8.52. The van der Waals surface area contributed by atoms with Crippen LogP contribution in [-0.4, -0.2) is 35.5 Å². The van der Waals surface area contributed by atoms with Crippen molar-refractivity contribution in [3.8, 4) is 0 Å². The van der Waals surface area contributed by atoms with Gasteiger partial charge in [0, 0.05) is 17.6 Å². The first-order valence-corrected chi connectivity index (χ1v) is 8.43. The quantitative estimate of drug-likeness (QED) is 0.646. The van der Waals surface area contributed by atoms with Gasteiger partial charge in [0.1, 0.15) is 5.69 Å². The van der Waals surface area contributed by atoms with Gasteiger partial charge in [-0.1, -0.05) is 11.6 Å². The summed E-state index contributed by atoms with van der Waals surface area (Å²) in [5.41, 5.74) is 0.104. The summed E-state index contributed by atoms with van der Waals surface area (Å²) in [6.07, 6.45) is 4.12. The topological polar surface area (TPSA) is 53.9 Å². The predicted octanol–water partition coefficient (Wildman–Crippen LogP) is 3.35. The van der Waals surface area contributed by atoms with Crippen LogP contribution in [0.2, 0.25) is 5.02 Å². The highest BCUT2D eigenvalue weighted by molar-refractivity contribution is 7.80. The maximum absolute atomic E-state index is 14.2. The molecule has 1 atom stereocenters. The standard InChI is InChI=1S/C13H13ClFN3O2S2/c14-8-9(17-13(21)18-5-2-1-4-16-18)11(15)22-10(8)7-3-6-20-12(7)19/h4,7H,1-3,5-6H2,(H,17,21). The van der Waals surface area contributed by atoms with Gasteiger partial charge in [-0.25, -0.2) is 5.01 Å². The average molecular weight is 362 g/mol. The molecule has 0 spiro atoms. The fourth-order valence-electron chi connectivity index (χ4n) is 2.34. The number of anilines is 1. The Morgan fingerprint density at radius 2 is 2.45 bits per heavy atom. The van der Waals surface area contributed by atoms with Gasteiger partial charge < -0.3 is 10.1 Å². The number of nitrogens with one attached hydrogen (secondary N) is 1. The van der Waals surface area contributed by atoms with Crippen molar-refractivity contribution in [3.05, 3.63) is 15.0 Å². The minimum absolute atomic E-state index is 0.104. The van der Waals surface area contributed by atoms with Crippen molar-refractivity contribution in [2.24, 2.45) is 5.10 Å². The lowest BCUT2D eigenvalue weighted by Gasteiger charge is -2.22. The maximum atomic E-state index is 14.2. The molecule has 0 radical (unpaired) electrons. The Bertz CT molecular complexity index is 649. The lowest BCUT2D eigenvalue weighted by atomic mass is 10.1. The third-order valence-corrected chi connectivity index (χ3v) is 5.38. The number of ether oxygens (including phenoxy) is 1. The van der Waals surface area contributed by atoms with E-state index in [1.807, 2.05) is 0 Å². The molecule has 5 nitrogen and oxygen atoms in total. The number of rotatable bonds is 2. The summed E-state index contributed by atoms with van der Waals surface area (Å²) in [6, 6.07) is 0. The van der Waals surface area contributed by atoms with Crippen LogP contribution in [0.15, 0.2) is 5.10 Å². The molecule has 1 aromatic heterocycles. The molecular formula is C13H13ClFN3O2S2. The molecule has 1 fully saturated rings. The maximum Gasteiger partial charge on any atom is 0.314 e. The lowest BCUT2D eigenvalue weighted by Crippen LogP contribution is -2.33. The molecule has 0 saturated carbocycles. The van der Waals surface area contributed by atoms with Crippen molar-refractivity contribution in [1.82, 2.24) is 5.01 Å². The number of carbonyl (C=O) groups is 1. The Balaban J connectivity index is 1.80. The van der Waals surface area contributed by atoms with Crippen molar-refractivity contribution in [3.63, 3.8) is 0 Å². The minimum atomic E-state index is -0.497. The Morgan fingerprint density at radius 3 is 3.09 bits per heavy atom. The number of halogens is 2. The molecule has 0 bridgehead atoms. The summed E-state index contributed by atoms with van der Waals surface area (Å²) in [4.78, 5) is 12.1. The summed E-state index contributed by atoms with van der Waals surface area (Å²) >= 11 is 12.3. The van der Waals surface area contributed by atoms with Crippen LogP contribution in [0.1, 0.15) is 30.1 Å². The fourth-order valence-corrected chi connectivity index (χ4v) is 4.01. The Kier molecular flexibility index (Phi) is 4.60. The second kappa shape index (κ2) is 6.47. The van der Waals surface area contributed by atoms with Crippen LogP contribution >= 0.6 is 35.2 Å². The zero-order valence-corrected chi connectivity index (χ0v) is 13.9. The summed E-state index contributed by atoms with van der Waals surface area (Å²) in [7, 11) is 0. The summed E-state index contributed by atoms with van der Waals surface area (Å²) in [5.74, 6) is -0.859. The van der Waals surface area contributed by atoms with E-state index in [1.54, 1.807) is 11.2 Å². The van der Waals surface area contributed by atoms with Gasteiger partial charge in [0.05, 0.1) is 17.5 Å². The van der Waals surface area contributed by atoms with Crippen LogP contribution in [0, 0.1) is 5.13 Å². The van der Waals surface area contributed by atoms with Crippen molar-refractivity contribution in [2.75, 3.05) is 18.5 Å². The van der Waals surface area contributed by atoms with Crippen molar-refractivity contribution in [2.45, 2.75) is 25.2 Å². The number of nitrogens with zero attached hydrogens (tertiary/aromatic N) is 2. The highest BCUT2D eigenvalue weighted by Crippen LogP contribution is 2.43. The largest absolute Gasteiger partial charge is 0.465 e. The number of hydrogen-bond acceptors (Lipinski definition) is 5. The minimum Gasteiger partial charge on any atom is -0.465 e. The van der Waals surface area contributed by atoms with Crippen molar-refractivity contribution < 1.29 is 13.9 Å². The summed E-state index contributed by atoms with van der Waals surface area (Å²) in [6.45, 7) is 1.01. The molecule has 0 aromatic carbocycles. The van der Waals surface area contributed by atoms with Crippen molar-refractivity contribution in [1.29, 1.82) is 0 Å². The number of thiophene rings is 1. The molecule has 1 unspecified atom stereocenters. The Hall–Kier alpha value is -1.25. The Labute approximate surface area is 141 Å². The molecule has 3 heterocycles. The second-order valence-electron chi connectivity index (χ2n) is 4.93. The van der Waals surface area contributed by atoms with Gasteiger partial charge in [-0.3, -0.25) is 4.79 Å². The first-order valence-electron chi connectivity index (χ1n) is 6.83. The van der Waals surface area contributed by atoms with E-state index >= 15 is 0 Å². The number of thiocarbonyl (C=S) groups is 1. The van der Waals surface area contributed by atoms with Gasteiger partial charge in [-0.05, 0) is 31.5 Å². The predicted molar refractivity (Wildman–Crippen MR) is 88.3 cm³/mol. The van der Waals surface area contributed by atoms with E-state index < -0.39 is 11.0 Å². The van der Waals surface area contributed by atoms with Crippen LogP contribution in [0.25, 0.3) is 0 Å². The molecule has 1 N–H and O–H groups in total. The molecule has 3 rings (SSSR count). The number of cyclic esters (lactones) is 1.